The molecular weight excluding hydrogens is 339 g/mol. The molecule has 0 bridgehead atoms. The van der Waals surface area contributed by atoms with Gasteiger partial charge in [-0.1, -0.05) is 18.2 Å². The molecule has 0 saturated heterocycles. The van der Waals surface area contributed by atoms with E-state index in [0.29, 0.717) is 0 Å². The Hall–Kier alpha value is -2.25. The van der Waals surface area contributed by atoms with E-state index in [2.05, 4.69) is 5.32 Å². The van der Waals surface area contributed by atoms with Crippen LogP contribution in [0.1, 0.15) is 44.7 Å². The molecule has 1 aromatic carbocycles. The van der Waals surface area contributed by atoms with Gasteiger partial charge in [-0.25, -0.2) is 4.79 Å². The highest BCUT2D eigenvalue weighted by Crippen LogP contribution is 2.45. The van der Waals surface area contributed by atoms with E-state index in [4.69, 9.17) is 4.74 Å². The Kier molecular flexibility index (Phi) is 4.76. The summed E-state index contributed by atoms with van der Waals surface area (Å²) < 4.78 is 43.7. The fourth-order valence-electron chi connectivity index (χ4n) is 2.88. The van der Waals surface area contributed by atoms with Gasteiger partial charge in [0.2, 0.25) is 0 Å². The van der Waals surface area contributed by atoms with E-state index in [1.54, 1.807) is 20.8 Å². The van der Waals surface area contributed by atoms with Crippen LogP contribution < -0.4 is 5.32 Å². The third-order valence-electron chi connectivity index (χ3n) is 4.06. The first-order valence-corrected chi connectivity index (χ1v) is 7.74. The second-order valence-corrected chi connectivity index (χ2v) is 7.22. The van der Waals surface area contributed by atoms with Gasteiger partial charge in [0.15, 0.2) is 0 Å². The number of rotatable bonds is 3. The minimum Gasteiger partial charge on any atom is -0.481 e. The minimum atomic E-state index is -4.55. The lowest BCUT2D eigenvalue weighted by Gasteiger charge is -2.45. The van der Waals surface area contributed by atoms with Crippen LogP contribution in [0.15, 0.2) is 24.3 Å². The standard InChI is InChI=1S/C17H20F3NO4/c1-15(2,3)25-14(24)21-12-8-16(9-12,13(22)23)10-5-4-6-11(7-10)17(18,19)20/h4-7,12H,8-9H2,1-3H3,(H,21,24)(H,22,23). The lowest BCUT2D eigenvalue weighted by molar-refractivity contribution is -0.149. The van der Waals surface area contributed by atoms with Crippen LogP contribution in [0, 0.1) is 0 Å². The fourth-order valence-corrected chi connectivity index (χ4v) is 2.88. The molecular formula is C17H20F3NO4. The SMILES string of the molecule is CC(C)(C)OC(=O)NC1CC(C(=O)O)(c2cccc(C(F)(F)F)c2)C1. The lowest BCUT2D eigenvalue weighted by Crippen LogP contribution is -2.57. The van der Waals surface area contributed by atoms with Gasteiger partial charge in [-0.3, -0.25) is 4.79 Å². The van der Waals surface area contributed by atoms with Crippen molar-refractivity contribution in [1.29, 1.82) is 0 Å². The maximum Gasteiger partial charge on any atom is 0.416 e. The summed E-state index contributed by atoms with van der Waals surface area (Å²) in [4.78, 5) is 23.4. The number of carboxylic acids is 1. The van der Waals surface area contributed by atoms with Gasteiger partial charge in [-0.15, -0.1) is 0 Å². The van der Waals surface area contributed by atoms with E-state index in [0.717, 1.165) is 12.1 Å². The Balaban J connectivity index is 2.14. The van der Waals surface area contributed by atoms with Gasteiger partial charge in [0.05, 0.1) is 11.0 Å². The second-order valence-electron chi connectivity index (χ2n) is 7.22. The van der Waals surface area contributed by atoms with Crippen LogP contribution >= 0.6 is 0 Å². The van der Waals surface area contributed by atoms with Crippen LogP contribution in [0.4, 0.5) is 18.0 Å². The topological polar surface area (TPSA) is 75.6 Å². The monoisotopic (exact) mass is 359 g/mol. The number of carbonyl (C=O) groups is 2. The Morgan fingerprint density at radius 3 is 2.32 bits per heavy atom. The summed E-state index contributed by atoms with van der Waals surface area (Å²) in [6.45, 7) is 5.08. The molecule has 0 atom stereocenters. The Morgan fingerprint density at radius 2 is 1.84 bits per heavy atom. The van der Waals surface area contributed by atoms with Gasteiger partial charge >= 0.3 is 18.2 Å². The largest absolute Gasteiger partial charge is 0.481 e. The molecule has 138 valence electrons. The highest BCUT2D eigenvalue weighted by molar-refractivity contribution is 5.83. The van der Waals surface area contributed by atoms with Crippen molar-refractivity contribution < 1.29 is 32.6 Å². The van der Waals surface area contributed by atoms with E-state index in [9.17, 15) is 27.9 Å². The van der Waals surface area contributed by atoms with Crippen molar-refractivity contribution in [3.05, 3.63) is 35.4 Å². The molecule has 2 N–H and O–H groups in total. The van der Waals surface area contributed by atoms with Crippen LogP contribution in [-0.4, -0.2) is 28.8 Å². The van der Waals surface area contributed by atoms with E-state index in [1.807, 2.05) is 0 Å². The number of hydrogen-bond donors (Lipinski definition) is 2. The smallest absolute Gasteiger partial charge is 0.416 e. The molecule has 1 fully saturated rings. The predicted octanol–water partition coefficient (Wildman–Crippen LogP) is 3.71. The number of alkyl halides is 3. The molecule has 1 aliphatic carbocycles. The fraction of sp³-hybridized carbons (Fsp3) is 0.529. The van der Waals surface area contributed by atoms with E-state index in [1.165, 1.54) is 12.1 Å². The number of carbonyl (C=O) groups excluding carboxylic acids is 1. The third-order valence-corrected chi connectivity index (χ3v) is 4.06. The molecule has 1 aliphatic rings. The normalized spacial score (nSPS) is 23.5. The second kappa shape index (κ2) is 6.24. The third kappa shape index (κ3) is 4.24. The number of halogens is 3. The summed E-state index contributed by atoms with van der Waals surface area (Å²) in [5.74, 6) is -1.21. The number of ether oxygens (including phenoxy) is 1. The molecule has 2 rings (SSSR count). The highest BCUT2D eigenvalue weighted by atomic mass is 19.4. The number of benzene rings is 1. The molecule has 25 heavy (non-hydrogen) atoms. The van der Waals surface area contributed by atoms with E-state index >= 15 is 0 Å². The summed E-state index contributed by atoms with van der Waals surface area (Å²) in [5.41, 5.74) is -2.95. The van der Waals surface area contributed by atoms with Crippen molar-refractivity contribution in [2.24, 2.45) is 0 Å². The molecule has 0 spiro atoms. The summed E-state index contributed by atoms with van der Waals surface area (Å²) in [6, 6.07) is 3.84. The molecule has 1 aromatic rings. The first-order valence-electron chi connectivity index (χ1n) is 7.74. The Labute approximate surface area is 143 Å². The van der Waals surface area contributed by atoms with Gasteiger partial charge in [0.25, 0.3) is 0 Å². The van der Waals surface area contributed by atoms with Gasteiger partial charge in [0.1, 0.15) is 5.60 Å². The number of hydrogen-bond acceptors (Lipinski definition) is 3. The van der Waals surface area contributed by atoms with Crippen molar-refractivity contribution in [2.75, 3.05) is 0 Å². The summed E-state index contributed by atoms with van der Waals surface area (Å²) in [7, 11) is 0. The Bertz CT molecular complexity index is 673. The first kappa shape index (κ1) is 19.1. The summed E-state index contributed by atoms with van der Waals surface area (Å²) in [5, 5.41) is 12.1. The molecule has 0 aliphatic heterocycles. The molecule has 0 radical (unpaired) electrons. The maximum atomic E-state index is 12.9. The number of carboxylic acid groups (broad SMARTS) is 1. The van der Waals surface area contributed by atoms with Gasteiger partial charge in [-0.05, 0) is 45.2 Å². The highest BCUT2D eigenvalue weighted by Gasteiger charge is 2.53. The number of alkyl carbamates (subject to hydrolysis) is 1. The molecule has 1 saturated carbocycles. The number of nitrogens with one attached hydrogen (secondary N) is 1. The van der Waals surface area contributed by atoms with Crippen molar-refractivity contribution >= 4 is 12.1 Å². The van der Waals surface area contributed by atoms with Crippen LogP contribution in [0.2, 0.25) is 0 Å². The summed E-state index contributed by atoms with van der Waals surface area (Å²) in [6.07, 6.45) is -5.22. The van der Waals surface area contributed by atoms with Gasteiger partial charge < -0.3 is 15.2 Å². The van der Waals surface area contributed by atoms with Crippen molar-refractivity contribution in [2.45, 2.75) is 56.8 Å². The molecule has 8 heteroatoms. The minimum absolute atomic E-state index is 0.00286. The predicted molar refractivity (Wildman–Crippen MR) is 83.1 cm³/mol. The van der Waals surface area contributed by atoms with Crippen LogP contribution in [0.3, 0.4) is 0 Å². The molecule has 0 unspecified atom stereocenters. The molecule has 0 heterocycles. The maximum absolute atomic E-state index is 12.9. The summed E-state index contributed by atoms with van der Waals surface area (Å²) >= 11 is 0. The van der Waals surface area contributed by atoms with Gasteiger partial charge in [-0.2, -0.15) is 13.2 Å². The zero-order valence-electron chi connectivity index (χ0n) is 14.1. The molecule has 1 amide bonds. The zero-order valence-corrected chi connectivity index (χ0v) is 14.1. The van der Waals surface area contributed by atoms with Crippen LogP contribution in [0.5, 0.6) is 0 Å². The van der Waals surface area contributed by atoms with E-state index < -0.39 is 40.9 Å². The molecule has 0 aromatic heterocycles. The van der Waals surface area contributed by atoms with Crippen molar-refractivity contribution in [3.63, 3.8) is 0 Å². The van der Waals surface area contributed by atoms with Crippen LogP contribution in [0.25, 0.3) is 0 Å². The quantitative estimate of drug-likeness (QED) is 0.863. The van der Waals surface area contributed by atoms with Gasteiger partial charge in [0, 0.05) is 6.04 Å². The van der Waals surface area contributed by atoms with Crippen LogP contribution in [-0.2, 0) is 21.1 Å². The lowest BCUT2D eigenvalue weighted by atomic mass is 9.61. The average Bonchev–Trinajstić information content (AvgIpc) is 2.39. The Morgan fingerprint density at radius 1 is 1.24 bits per heavy atom. The number of amides is 1. The molecule has 5 nitrogen and oxygen atoms in total. The zero-order chi connectivity index (χ0) is 19.0. The number of aliphatic carboxylic acids is 1. The average molecular weight is 359 g/mol. The first-order chi connectivity index (χ1) is 11.3. The van der Waals surface area contributed by atoms with E-state index in [-0.39, 0.29) is 18.4 Å². The van der Waals surface area contributed by atoms with Crippen molar-refractivity contribution in [3.8, 4) is 0 Å². The van der Waals surface area contributed by atoms with Crippen molar-refractivity contribution in [1.82, 2.24) is 5.32 Å².